The number of nitrogens with one attached hydrogen (secondary N) is 2. The maximum absolute atomic E-state index is 11.0. The Bertz CT molecular complexity index is 624. The second-order valence-electron chi connectivity index (χ2n) is 3.86. The molecule has 0 aliphatic heterocycles. The fraction of sp³-hybridized carbons (Fsp3) is 0.250. The predicted octanol–water partition coefficient (Wildman–Crippen LogP) is 3.26. The van der Waals surface area contributed by atoms with E-state index in [-0.39, 0.29) is 4.87 Å². The summed E-state index contributed by atoms with van der Waals surface area (Å²) in [5.41, 5.74) is 1.93. The zero-order chi connectivity index (χ0) is 13.8. The summed E-state index contributed by atoms with van der Waals surface area (Å²) in [6.07, 6.45) is 0. The van der Waals surface area contributed by atoms with Gasteiger partial charge in [-0.25, -0.2) is 0 Å². The number of halogens is 2. The molecule has 0 spiro atoms. The summed E-state index contributed by atoms with van der Waals surface area (Å²) in [6.45, 7) is 1.27. The molecule has 1 aromatic heterocycles. The molecule has 0 bridgehead atoms. The number of hydrogen-bond acceptors (Lipinski definition) is 4. The van der Waals surface area contributed by atoms with Crippen molar-refractivity contribution in [3.05, 3.63) is 47.4 Å². The largest absolute Gasteiger partial charge is 0.495 e. The van der Waals surface area contributed by atoms with Crippen molar-refractivity contribution in [2.45, 2.75) is 13.1 Å². The minimum absolute atomic E-state index is 0.0282. The molecule has 1 heterocycles. The average Bonchev–Trinajstić information content (AvgIpc) is 2.74. The third-order valence-corrected chi connectivity index (χ3v) is 4.26. The van der Waals surface area contributed by atoms with Crippen molar-refractivity contribution < 1.29 is 4.74 Å². The van der Waals surface area contributed by atoms with Crippen molar-refractivity contribution in [2.24, 2.45) is 0 Å². The van der Waals surface area contributed by atoms with Crippen LogP contribution in [0.25, 0.3) is 0 Å². The van der Waals surface area contributed by atoms with Crippen LogP contribution < -0.4 is 14.9 Å². The van der Waals surface area contributed by atoms with E-state index in [4.69, 9.17) is 4.74 Å². The molecule has 0 fully saturated rings. The summed E-state index contributed by atoms with van der Waals surface area (Å²) in [4.78, 5) is 13.8. The van der Waals surface area contributed by atoms with Gasteiger partial charge in [-0.1, -0.05) is 27.3 Å². The fourth-order valence-electron chi connectivity index (χ4n) is 1.71. The van der Waals surface area contributed by atoms with E-state index < -0.39 is 0 Å². The van der Waals surface area contributed by atoms with E-state index in [1.54, 1.807) is 7.11 Å². The van der Waals surface area contributed by atoms with Gasteiger partial charge in [-0.05, 0) is 28.1 Å². The Hall–Kier alpha value is -0.630. The van der Waals surface area contributed by atoms with Crippen LogP contribution in [0.1, 0.15) is 11.3 Å². The smallest absolute Gasteiger partial charge is 0.304 e. The van der Waals surface area contributed by atoms with Gasteiger partial charge in [0.1, 0.15) is 5.75 Å². The van der Waals surface area contributed by atoms with Gasteiger partial charge in [-0.15, -0.1) is 0 Å². The summed E-state index contributed by atoms with van der Waals surface area (Å²) in [7, 11) is 1.65. The number of rotatable bonds is 5. The third kappa shape index (κ3) is 3.92. The van der Waals surface area contributed by atoms with Gasteiger partial charge < -0.3 is 15.0 Å². The number of methoxy groups -OCH3 is 1. The van der Waals surface area contributed by atoms with Crippen LogP contribution in [0.3, 0.4) is 0 Å². The van der Waals surface area contributed by atoms with Gasteiger partial charge >= 0.3 is 4.87 Å². The standard InChI is InChI=1S/C12H12Br2N2O2S/c1-18-11-7(2-8(13)3-10(11)14)4-15-5-9-6-19-12(17)16-9/h2-3,6,15H,4-5H2,1H3,(H,16,17). The Balaban J connectivity index is 2.04. The van der Waals surface area contributed by atoms with Crippen LogP contribution in [-0.2, 0) is 13.1 Å². The number of aromatic amines is 1. The summed E-state index contributed by atoms with van der Waals surface area (Å²) in [5, 5.41) is 5.10. The first-order chi connectivity index (χ1) is 9.10. The maximum Gasteiger partial charge on any atom is 0.304 e. The van der Waals surface area contributed by atoms with Gasteiger partial charge in [0.25, 0.3) is 0 Å². The molecule has 0 amide bonds. The highest BCUT2D eigenvalue weighted by molar-refractivity contribution is 9.11. The van der Waals surface area contributed by atoms with Crippen LogP contribution >= 0.6 is 43.2 Å². The lowest BCUT2D eigenvalue weighted by Gasteiger charge is -2.12. The summed E-state index contributed by atoms with van der Waals surface area (Å²) in [6, 6.07) is 3.95. The van der Waals surface area contributed by atoms with E-state index in [0.29, 0.717) is 13.1 Å². The van der Waals surface area contributed by atoms with Crippen LogP contribution in [0.2, 0.25) is 0 Å². The first-order valence-electron chi connectivity index (χ1n) is 5.49. The van der Waals surface area contributed by atoms with Gasteiger partial charge in [-0.3, -0.25) is 4.79 Å². The van der Waals surface area contributed by atoms with Crippen molar-refractivity contribution in [2.75, 3.05) is 7.11 Å². The number of hydrogen-bond donors (Lipinski definition) is 2. The Kier molecular flexibility index (Phi) is 5.20. The van der Waals surface area contributed by atoms with Crippen LogP contribution in [0, 0.1) is 0 Å². The molecule has 102 valence electrons. The number of aromatic nitrogens is 1. The highest BCUT2D eigenvalue weighted by Gasteiger charge is 2.09. The van der Waals surface area contributed by atoms with Gasteiger partial charge in [0, 0.05) is 34.2 Å². The maximum atomic E-state index is 11.0. The topological polar surface area (TPSA) is 54.1 Å². The van der Waals surface area contributed by atoms with Crippen molar-refractivity contribution in [1.82, 2.24) is 10.3 Å². The second kappa shape index (κ2) is 6.69. The van der Waals surface area contributed by atoms with Crippen molar-refractivity contribution in [3.8, 4) is 5.75 Å². The highest BCUT2D eigenvalue weighted by Crippen LogP contribution is 2.32. The predicted molar refractivity (Wildman–Crippen MR) is 83.9 cm³/mol. The molecular formula is C12H12Br2N2O2S. The Morgan fingerprint density at radius 3 is 2.79 bits per heavy atom. The summed E-state index contributed by atoms with van der Waals surface area (Å²) >= 11 is 8.10. The Morgan fingerprint density at radius 1 is 1.37 bits per heavy atom. The Labute approximate surface area is 131 Å². The molecule has 0 aliphatic rings. The lowest BCUT2D eigenvalue weighted by molar-refractivity contribution is 0.405. The molecule has 0 saturated carbocycles. The minimum atomic E-state index is -0.0282. The first kappa shape index (κ1) is 14.8. The Morgan fingerprint density at radius 2 is 2.16 bits per heavy atom. The van der Waals surface area contributed by atoms with Crippen LogP contribution in [0.5, 0.6) is 5.75 Å². The monoisotopic (exact) mass is 406 g/mol. The number of ether oxygens (including phenoxy) is 1. The summed E-state index contributed by atoms with van der Waals surface area (Å²) < 4.78 is 7.27. The van der Waals surface area contributed by atoms with E-state index >= 15 is 0 Å². The van der Waals surface area contributed by atoms with Crippen molar-refractivity contribution in [1.29, 1.82) is 0 Å². The lowest BCUT2D eigenvalue weighted by atomic mass is 10.2. The fourth-order valence-corrected chi connectivity index (χ4v) is 3.76. The van der Waals surface area contributed by atoms with Crippen molar-refractivity contribution >= 4 is 43.2 Å². The van der Waals surface area contributed by atoms with E-state index in [0.717, 1.165) is 26.0 Å². The quantitative estimate of drug-likeness (QED) is 0.799. The van der Waals surface area contributed by atoms with Crippen LogP contribution in [-0.4, -0.2) is 12.1 Å². The van der Waals surface area contributed by atoms with Crippen molar-refractivity contribution in [3.63, 3.8) is 0 Å². The number of benzene rings is 1. The second-order valence-corrected chi connectivity index (χ2v) is 6.47. The number of thiazole rings is 1. The van der Waals surface area contributed by atoms with E-state index in [2.05, 4.69) is 42.2 Å². The van der Waals surface area contributed by atoms with Gasteiger partial charge in [0.05, 0.1) is 11.6 Å². The normalized spacial score (nSPS) is 10.7. The highest BCUT2D eigenvalue weighted by atomic mass is 79.9. The SMILES string of the molecule is COc1c(Br)cc(Br)cc1CNCc1csc(=O)[nH]1. The molecule has 2 aromatic rings. The third-order valence-electron chi connectivity index (χ3n) is 2.49. The van der Waals surface area contributed by atoms with Gasteiger partial charge in [0.15, 0.2) is 0 Å². The van der Waals surface area contributed by atoms with Gasteiger partial charge in [-0.2, -0.15) is 0 Å². The first-order valence-corrected chi connectivity index (χ1v) is 7.96. The molecule has 0 aliphatic carbocycles. The summed E-state index contributed by atoms with van der Waals surface area (Å²) in [5.74, 6) is 0.814. The lowest BCUT2D eigenvalue weighted by Crippen LogP contribution is -2.14. The molecule has 1 aromatic carbocycles. The van der Waals surface area contributed by atoms with E-state index in [9.17, 15) is 4.79 Å². The number of H-pyrrole nitrogens is 1. The molecule has 4 nitrogen and oxygen atoms in total. The molecule has 7 heteroatoms. The molecule has 2 rings (SSSR count). The zero-order valence-corrected chi connectivity index (χ0v) is 14.1. The van der Waals surface area contributed by atoms with Crippen LogP contribution in [0.4, 0.5) is 0 Å². The average molecular weight is 408 g/mol. The van der Waals surface area contributed by atoms with Gasteiger partial charge in [0.2, 0.25) is 0 Å². The van der Waals surface area contributed by atoms with Crippen LogP contribution in [0.15, 0.2) is 31.3 Å². The molecule has 0 atom stereocenters. The minimum Gasteiger partial charge on any atom is -0.495 e. The zero-order valence-electron chi connectivity index (χ0n) is 10.1. The van der Waals surface area contributed by atoms with E-state index in [1.807, 2.05) is 17.5 Å². The molecule has 0 unspecified atom stereocenters. The molecular weight excluding hydrogens is 396 g/mol. The molecule has 19 heavy (non-hydrogen) atoms. The molecule has 0 saturated heterocycles. The van der Waals surface area contributed by atoms with E-state index in [1.165, 1.54) is 11.3 Å². The molecule has 0 radical (unpaired) electrons. The molecule has 2 N–H and O–H groups in total.